The van der Waals surface area contributed by atoms with Crippen molar-refractivity contribution in [1.29, 1.82) is 0 Å². The van der Waals surface area contributed by atoms with Crippen LogP contribution in [0.15, 0.2) is 47.5 Å². The Morgan fingerprint density at radius 1 is 1.17 bits per heavy atom. The zero-order valence-corrected chi connectivity index (χ0v) is 19.7. The zero-order valence-electron chi connectivity index (χ0n) is 18.9. The lowest BCUT2D eigenvalue weighted by atomic mass is 9.60. The summed E-state index contributed by atoms with van der Waals surface area (Å²) in [7, 11) is -1.00. The van der Waals surface area contributed by atoms with Crippen molar-refractivity contribution in [2.75, 3.05) is 0 Å². The van der Waals surface area contributed by atoms with Gasteiger partial charge in [0.1, 0.15) is 5.83 Å². The largest absolute Gasteiger partial charge is 0.378 e. The van der Waals surface area contributed by atoms with Crippen LogP contribution in [0.1, 0.15) is 79.1 Å². The van der Waals surface area contributed by atoms with Crippen LogP contribution in [0.3, 0.4) is 0 Å². The van der Waals surface area contributed by atoms with Crippen LogP contribution in [0.2, 0.25) is 0 Å². The van der Waals surface area contributed by atoms with Gasteiger partial charge in [-0.3, -0.25) is 0 Å². The summed E-state index contributed by atoms with van der Waals surface area (Å²) in [5, 5.41) is 3.41. The predicted octanol–water partition coefficient (Wildman–Crippen LogP) is 5.75. The van der Waals surface area contributed by atoms with Gasteiger partial charge in [0.05, 0.1) is 21.3 Å². The van der Waals surface area contributed by atoms with Crippen LogP contribution < -0.4 is 10.0 Å². The van der Waals surface area contributed by atoms with Crippen LogP contribution >= 0.6 is 0 Å². The van der Waals surface area contributed by atoms with E-state index in [1.165, 1.54) is 31.3 Å². The minimum atomic E-state index is -1.00. The predicted molar refractivity (Wildman–Crippen MR) is 124 cm³/mol. The molecule has 4 aliphatic rings. The maximum absolute atomic E-state index is 14.0. The number of hydrogen-bond acceptors (Lipinski definition) is 2. The fourth-order valence-electron chi connectivity index (χ4n) is 5.81. The molecule has 0 aromatic heterocycles. The third-order valence-corrected chi connectivity index (χ3v) is 9.29. The highest BCUT2D eigenvalue weighted by Gasteiger charge is 2.42. The highest BCUT2D eigenvalue weighted by molar-refractivity contribution is 7.84. The Balaban J connectivity index is 1.45. The molecule has 0 saturated heterocycles. The molecule has 2 fully saturated rings. The van der Waals surface area contributed by atoms with Crippen LogP contribution in [-0.2, 0) is 11.0 Å². The van der Waals surface area contributed by atoms with E-state index in [9.17, 15) is 8.60 Å². The molecule has 5 heteroatoms. The molecular formula is C25H37FN2OS. The normalized spacial score (nSPS) is 37.6. The van der Waals surface area contributed by atoms with E-state index in [4.69, 9.17) is 0 Å². The zero-order chi connectivity index (χ0) is 21.6. The smallest absolute Gasteiger partial charge is 0.123 e. The Labute approximate surface area is 183 Å². The minimum Gasteiger partial charge on any atom is -0.378 e. The van der Waals surface area contributed by atoms with E-state index in [-0.39, 0.29) is 16.1 Å². The van der Waals surface area contributed by atoms with Crippen LogP contribution in [0.25, 0.3) is 0 Å². The number of dihydropyridines is 1. The molecule has 0 amide bonds. The van der Waals surface area contributed by atoms with Gasteiger partial charge in [0.2, 0.25) is 0 Å². The minimum absolute atomic E-state index is 0.155. The number of hydrogen-bond donors (Lipinski definition) is 2. The highest BCUT2D eigenvalue weighted by Crippen LogP contribution is 2.51. The second kappa shape index (κ2) is 8.05. The number of halogens is 1. The number of allylic oxidation sites excluding steroid dienone is 4. The SMILES string of the molecule is CC12C=CC(F)=CC1=C(C1CCC3(CCCC(N[S@](=O)C(C)(C)C)C3)CC1)C=CN2. The fourth-order valence-corrected chi connectivity index (χ4v) is 6.66. The number of rotatable bonds is 3. The van der Waals surface area contributed by atoms with E-state index in [0.29, 0.717) is 17.4 Å². The van der Waals surface area contributed by atoms with Gasteiger partial charge in [-0.1, -0.05) is 12.5 Å². The van der Waals surface area contributed by atoms with E-state index in [2.05, 4.69) is 23.0 Å². The topological polar surface area (TPSA) is 41.1 Å². The van der Waals surface area contributed by atoms with E-state index in [0.717, 1.165) is 31.3 Å². The molecule has 2 saturated carbocycles. The lowest BCUT2D eigenvalue weighted by Gasteiger charge is -2.47. The van der Waals surface area contributed by atoms with Crippen molar-refractivity contribution in [2.24, 2.45) is 11.3 Å². The first-order chi connectivity index (χ1) is 14.1. The van der Waals surface area contributed by atoms with Crippen LogP contribution in [0.4, 0.5) is 4.39 Å². The highest BCUT2D eigenvalue weighted by atomic mass is 32.2. The molecule has 166 valence electrons. The number of nitrogens with one attached hydrogen (secondary N) is 2. The summed E-state index contributed by atoms with van der Waals surface area (Å²) in [6.45, 7) is 8.23. The quantitative estimate of drug-likeness (QED) is 0.596. The molecule has 1 aliphatic heterocycles. The molecule has 1 spiro atoms. The van der Waals surface area contributed by atoms with Crippen LogP contribution in [0.5, 0.6) is 0 Å². The Kier molecular flexibility index (Phi) is 5.91. The van der Waals surface area contributed by atoms with Crippen molar-refractivity contribution in [3.05, 3.63) is 47.5 Å². The number of fused-ring (bicyclic) bond motifs is 1. The summed E-state index contributed by atoms with van der Waals surface area (Å²) in [4.78, 5) is 0. The van der Waals surface area contributed by atoms with Gasteiger partial charge in [-0.05, 0) is 120 Å². The van der Waals surface area contributed by atoms with Gasteiger partial charge in [-0.25, -0.2) is 13.3 Å². The molecule has 1 heterocycles. The van der Waals surface area contributed by atoms with E-state index < -0.39 is 11.0 Å². The third-order valence-electron chi connectivity index (χ3n) is 7.63. The van der Waals surface area contributed by atoms with Gasteiger partial charge in [0.25, 0.3) is 0 Å². The summed E-state index contributed by atoms with van der Waals surface area (Å²) in [5.74, 6) is 0.341. The average Bonchev–Trinajstić information content (AvgIpc) is 2.68. The van der Waals surface area contributed by atoms with Gasteiger partial charge >= 0.3 is 0 Å². The standard InChI is InChI=1S/C25H37FN2OS/c1-23(2,3)30(29)28-20-6-5-11-25(17-20)13-7-18(8-14-25)21-10-15-27-24(4)12-9-19(26)16-22(21)24/h9-10,12,15-16,18,20,27-28H,5-8,11,13-14,17H2,1-4H3/t18?,20?,24?,25?,30-/m1/s1. The van der Waals surface area contributed by atoms with E-state index in [1.54, 1.807) is 12.2 Å². The van der Waals surface area contributed by atoms with Crippen LogP contribution in [-0.4, -0.2) is 20.5 Å². The molecule has 3 aliphatic carbocycles. The maximum Gasteiger partial charge on any atom is 0.123 e. The Morgan fingerprint density at radius 2 is 1.90 bits per heavy atom. The fraction of sp³-hybridized carbons (Fsp3) is 0.680. The van der Waals surface area contributed by atoms with Crippen molar-refractivity contribution in [1.82, 2.24) is 10.0 Å². The second-order valence-corrected chi connectivity index (χ2v) is 13.0. The van der Waals surface area contributed by atoms with Crippen LogP contribution in [0, 0.1) is 11.3 Å². The maximum atomic E-state index is 14.0. The van der Waals surface area contributed by atoms with Gasteiger partial charge in [-0.2, -0.15) is 0 Å². The molecule has 2 unspecified atom stereocenters. The summed E-state index contributed by atoms with van der Waals surface area (Å²) in [5.41, 5.74) is 2.48. The third kappa shape index (κ3) is 4.38. The van der Waals surface area contributed by atoms with Gasteiger partial charge in [-0.15, -0.1) is 0 Å². The molecule has 0 bridgehead atoms. The molecule has 3 atom stereocenters. The Hall–Kier alpha value is -1.20. The molecule has 0 aromatic carbocycles. The van der Waals surface area contributed by atoms with Crippen molar-refractivity contribution in [3.63, 3.8) is 0 Å². The molecule has 3 nitrogen and oxygen atoms in total. The van der Waals surface area contributed by atoms with Crippen molar-refractivity contribution in [3.8, 4) is 0 Å². The average molecular weight is 433 g/mol. The van der Waals surface area contributed by atoms with E-state index >= 15 is 0 Å². The first kappa shape index (κ1) is 22.0. The monoisotopic (exact) mass is 432 g/mol. The van der Waals surface area contributed by atoms with Crippen molar-refractivity contribution < 1.29 is 8.60 Å². The van der Waals surface area contributed by atoms with Gasteiger partial charge in [0.15, 0.2) is 0 Å². The van der Waals surface area contributed by atoms with Gasteiger partial charge in [0, 0.05) is 6.04 Å². The molecule has 0 aromatic rings. The summed E-state index contributed by atoms with van der Waals surface area (Å²) in [6, 6.07) is 0.361. The summed E-state index contributed by atoms with van der Waals surface area (Å²) >= 11 is 0. The van der Waals surface area contributed by atoms with Gasteiger partial charge < -0.3 is 5.32 Å². The molecule has 2 N–H and O–H groups in total. The molecule has 4 rings (SSSR count). The van der Waals surface area contributed by atoms with Crippen molar-refractivity contribution in [2.45, 2.75) is 95.4 Å². The Bertz CT molecular complexity index is 827. The first-order valence-electron chi connectivity index (χ1n) is 11.5. The molecule has 0 radical (unpaired) electrons. The summed E-state index contributed by atoms with van der Waals surface area (Å²) in [6.07, 6.45) is 19.0. The first-order valence-corrected chi connectivity index (χ1v) is 12.7. The lowest BCUT2D eigenvalue weighted by Crippen LogP contribution is -2.46. The lowest BCUT2D eigenvalue weighted by molar-refractivity contribution is 0.0917. The Morgan fingerprint density at radius 3 is 2.60 bits per heavy atom. The van der Waals surface area contributed by atoms with E-state index in [1.807, 2.05) is 33.0 Å². The van der Waals surface area contributed by atoms with Crippen molar-refractivity contribution >= 4 is 11.0 Å². The molecule has 30 heavy (non-hydrogen) atoms. The second-order valence-electron chi connectivity index (χ2n) is 11.0. The summed E-state index contributed by atoms with van der Waals surface area (Å²) < 4.78 is 29.8. The molecular weight excluding hydrogens is 395 g/mol.